The molecule has 28 heavy (non-hydrogen) atoms. The van der Waals surface area contributed by atoms with Gasteiger partial charge < -0.3 is 15.4 Å². The number of nitrogens with zero attached hydrogens (tertiary/aromatic N) is 2. The molecule has 7 heteroatoms. The van der Waals surface area contributed by atoms with Gasteiger partial charge in [-0.05, 0) is 30.5 Å². The number of halogens is 1. The number of benzene rings is 1. The fraction of sp³-hybridized carbons (Fsp3) is 0.524. The first kappa shape index (κ1) is 22.2. The van der Waals surface area contributed by atoms with Crippen LogP contribution in [0.3, 0.4) is 0 Å². The fourth-order valence-corrected chi connectivity index (χ4v) is 3.52. The van der Waals surface area contributed by atoms with Crippen molar-refractivity contribution in [3.63, 3.8) is 0 Å². The summed E-state index contributed by atoms with van der Waals surface area (Å²) >= 11 is 0. The summed E-state index contributed by atoms with van der Waals surface area (Å²) in [6.07, 6.45) is 11.3. The van der Waals surface area contributed by atoms with Gasteiger partial charge in [-0.1, -0.05) is 37.8 Å². The number of hydrogen-bond donors (Lipinski definition) is 2. The van der Waals surface area contributed by atoms with Gasteiger partial charge in [-0.15, -0.1) is 12.4 Å². The minimum Gasteiger partial charge on any atom is -0.497 e. The van der Waals surface area contributed by atoms with Crippen molar-refractivity contribution >= 4 is 18.3 Å². The smallest absolute Gasteiger partial charge is 0.254 e. The van der Waals surface area contributed by atoms with Crippen molar-refractivity contribution in [1.82, 2.24) is 20.4 Å². The average molecular weight is 407 g/mol. The third kappa shape index (κ3) is 6.84. The van der Waals surface area contributed by atoms with Crippen LogP contribution < -0.4 is 15.4 Å². The Labute approximate surface area is 173 Å². The van der Waals surface area contributed by atoms with Gasteiger partial charge in [-0.25, -0.2) is 0 Å². The largest absolute Gasteiger partial charge is 0.497 e. The van der Waals surface area contributed by atoms with Gasteiger partial charge in [0.15, 0.2) is 0 Å². The van der Waals surface area contributed by atoms with E-state index in [-0.39, 0.29) is 18.3 Å². The standard InChI is InChI=1S/C21H30N4O2.ClH/c1-27-20-10-8-17(9-11-20)15-25-16-18(14-24-25)21(26)23-13-12-22-19-6-4-2-3-5-7-19;/h8-11,14,16,19,22H,2-7,12-13,15H2,1H3,(H,23,26);1H. The molecule has 0 bridgehead atoms. The van der Waals surface area contributed by atoms with Crippen LogP contribution in [-0.2, 0) is 6.54 Å². The molecule has 0 atom stereocenters. The topological polar surface area (TPSA) is 68.2 Å². The van der Waals surface area contributed by atoms with Crippen LogP contribution in [0, 0.1) is 0 Å². The summed E-state index contributed by atoms with van der Waals surface area (Å²) in [7, 11) is 1.65. The van der Waals surface area contributed by atoms with Crippen molar-refractivity contribution in [2.45, 2.75) is 51.1 Å². The quantitative estimate of drug-likeness (QED) is 0.520. The minimum atomic E-state index is -0.0707. The predicted octanol–water partition coefficient (Wildman–Crippen LogP) is 3.40. The van der Waals surface area contributed by atoms with Crippen LogP contribution in [0.4, 0.5) is 0 Å². The average Bonchev–Trinajstić information content (AvgIpc) is 3.00. The first-order valence-electron chi connectivity index (χ1n) is 9.91. The fourth-order valence-electron chi connectivity index (χ4n) is 3.52. The van der Waals surface area contributed by atoms with E-state index in [1.54, 1.807) is 24.2 Å². The highest BCUT2D eigenvalue weighted by molar-refractivity contribution is 5.93. The Balaban J connectivity index is 0.00000280. The number of aromatic nitrogens is 2. The van der Waals surface area contributed by atoms with Crippen LogP contribution in [-0.4, -0.2) is 41.9 Å². The van der Waals surface area contributed by atoms with Crippen LogP contribution in [0.1, 0.15) is 54.4 Å². The third-order valence-electron chi connectivity index (χ3n) is 5.10. The summed E-state index contributed by atoms with van der Waals surface area (Å²) in [5.41, 5.74) is 1.71. The molecule has 1 amide bonds. The Morgan fingerprint density at radius 2 is 1.86 bits per heavy atom. The summed E-state index contributed by atoms with van der Waals surface area (Å²) in [5, 5.41) is 10.8. The summed E-state index contributed by atoms with van der Waals surface area (Å²) in [6.45, 7) is 2.08. The molecule has 3 rings (SSSR count). The van der Waals surface area contributed by atoms with Gasteiger partial charge in [0.05, 0.1) is 25.4 Å². The third-order valence-corrected chi connectivity index (χ3v) is 5.10. The van der Waals surface area contributed by atoms with E-state index >= 15 is 0 Å². The maximum atomic E-state index is 12.3. The predicted molar refractivity (Wildman–Crippen MR) is 113 cm³/mol. The van der Waals surface area contributed by atoms with Crippen molar-refractivity contribution in [1.29, 1.82) is 0 Å². The first-order chi connectivity index (χ1) is 13.2. The van der Waals surface area contributed by atoms with Crippen molar-refractivity contribution in [3.05, 3.63) is 47.8 Å². The van der Waals surface area contributed by atoms with Crippen LogP contribution in [0.25, 0.3) is 0 Å². The molecule has 1 aliphatic rings. The number of amides is 1. The Morgan fingerprint density at radius 3 is 2.54 bits per heavy atom. The zero-order valence-electron chi connectivity index (χ0n) is 16.5. The molecule has 1 aliphatic carbocycles. The monoisotopic (exact) mass is 406 g/mol. The molecule has 0 aliphatic heterocycles. The summed E-state index contributed by atoms with van der Waals surface area (Å²) in [4.78, 5) is 12.3. The zero-order valence-corrected chi connectivity index (χ0v) is 17.3. The highest BCUT2D eigenvalue weighted by Crippen LogP contribution is 2.17. The molecule has 0 unspecified atom stereocenters. The van der Waals surface area contributed by atoms with Gasteiger partial charge in [0.25, 0.3) is 5.91 Å². The molecule has 0 radical (unpaired) electrons. The van der Waals surface area contributed by atoms with E-state index in [0.29, 0.717) is 24.7 Å². The van der Waals surface area contributed by atoms with E-state index in [4.69, 9.17) is 4.74 Å². The van der Waals surface area contributed by atoms with Crippen LogP contribution >= 0.6 is 12.4 Å². The van der Waals surface area contributed by atoms with Crippen molar-refractivity contribution < 1.29 is 9.53 Å². The molecule has 154 valence electrons. The number of rotatable bonds is 8. The SMILES string of the molecule is COc1ccc(Cn2cc(C(=O)NCCNC3CCCCCC3)cn2)cc1.Cl. The van der Waals surface area contributed by atoms with Gasteiger partial charge in [0.1, 0.15) is 5.75 Å². The lowest BCUT2D eigenvalue weighted by molar-refractivity contribution is 0.0953. The van der Waals surface area contributed by atoms with Crippen molar-refractivity contribution in [2.24, 2.45) is 0 Å². The molecule has 1 aromatic heterocycles. The summed E-state index contributed by atoms with van der Waals surface area (Å²) < 4.78 is 6.94. The van der Waals surface area contributed by atoms with Gasteiger partial charge in [0.2, 0.25) is 0 Å². The second-order valence-electron chi connectivity index (χ2n) is 7.17. The first-order valence-corrected chi connectivity index (χ1v) is 9.91. The van der Waals surface area contributed by atoms with Crippen LogP contribution in [0.15, 0.2) is 36.7 Å². The van der Waals surface area contributed by atoms with E-state index in [1.807, 2.05) is 24.3 Å². The van der Waals surface area contributed by atoms with E-state index in [0.717, 1.165) is 17.9 Å². The molecule has 1 saturated carbocycles. The highest BCUT2D eigenvalue weighted by atomic mass is 35.5. The molecule has 1 heterocycles. The molecule has 0 spiro atoms. The van der Waals surface area contributed by atoms with E-state index in [9.17, 15) is 4.79 Å². The Morgan fingerprint density at radius 1 is 1.14 bits per heavy atom. The van der Waals surface area contributed by atoms with E-state index < -0.39 is 0 Å². The number of ether oxygens (including phenoxy) is 1. The lowest BCUT2D eigenvalue weighted by Gasteiger charge is -2.16. The second-order valence-corrected chi connectivity index (χ2v) is 7.17. The van der Waals surface area contributed by atoms with E-state index in [2.05, 4.69) is 15.7 Å². The normalized spacial score (nSPS) is 14.8. The molecular formula is C21H31ClN4O2. The van der Waals surface area contributed by atoms with Crippen LogP contribution in [0.2, 0.25) is 0 Å². The van der Waals surface area contributed by atoms with Crippen molar-refractivity contribution in [2.75, 3.05) is 20.2 Å². The van der Waals surface area contributed by atoms with Gasteiger partial charge in [0, 0.05) is 25.3 Å². The molecule has 2 aromatic rings. The zero-order chi connectivity index (χ0) is 18.9. The number of hydrogen-bond acceptors (Lipinski definition) is 4. The number of carbonyl (C=O) groups is 1. The highest BCUT2D eigenvalue weighted by Gasteiger charge is 2.12. The number of methoxy groups -OCH3 is 1. The second kappa shape index (κ2) is 11.7. The molecule has 6 nitrogen and oxygen atoms in total. The minimum absolute atomic E-state index is 0. The van der Waals surface area contributed by atoms with E-state index in [1.165, 1.54) is 38.5 Å². The molecule has 1 fully saturated rings. The van der Waals surface area contributed by atoms with Gasteiger partial charge in [-0.2, -0.15) is 5.10 Å². The summed E-state index contributed by atoms with van der Waals surface area (Å²) in [6, 6.07) is 8.46. The lowest BCUT2D eigenvalue weighted by Crippen LogP contribution is -2.36. The maximum absolute atomic E-state index is 12.3. The van der Waals surface area contributed by atoms with Crippen molar-refractivity contribution in [3.8, 4) is 5.75 Å². The molecule has 2 N–H and O–H groups in total. The number of carbonyl (C=O) groups excluding carboxylic acids is 1. The molecular weight excluding hydrogens is 376 g/mol. The Bertz CT molecular complexity index is 709. The Kier molecular flexibility index (Phi) is 9.31. The van der Waals surface area contributed by atoms with Gasteiger partial charge >= 0.3 is 0 Å². The molecule has 0 saturated heterocycles. The Hall–Kier alpha value is -2.05. The maximum Gasteiger partial charge on any atom is 0.254 e. The summed E-state index contributed by atoms with van der Waals surface area (Å²) in [5.74, 6) is 0.760. The molecule has 1 aromatic carbocycles. The lowest BCUT2D eigenvalue weighted by atomic mass is 10.1. The van der Waals surface area contributed by atoms with Crippen LogP contribution in [0.5, 0.6) is 5.75 Å². The number of nitrogens with one attached hydrogen (secondary N) is 2. The van der Waals surface area contributed by atoms with Gasteiger partial charge in [-0.3, -0.25) is 9.48 Å².